The van der Waals surface area contributed by atoms with Crippen molar-refractivity contribution in [3.05, 3.63) is 69.8 Å². The van der Waals surface area contributed by atoms with Crippen LogP contribution in [0, 0.1) is 30.6 Å². The van der Waals surface area contributed by atoms with Gasteiger partial charge < -0.3 is 45.3 Å². The van der Waals surface area contributed by atoms with Crippen molar-refractivity contribution < 1.29 is 58.2 Å². The van der Waals surface area contributed by atoms with Crippen LogP contribution in [0.15, 0.2) is 47.5 Å². The normalized spacial score (nSPS) is 34.2. The third-order valence-electron chi connectivity index (χ3n) is 9.99. The van der Waals surface area contributed by atoms with Crippen molar-refractivity contribution in [1.29, 1.82) is 0 Å². The van der Waals surface area contributed by atoms with Gasteiger partial charge in [-0.15, -0.1) is 0 Å². The molecule has 0 spiro atoms. The van der Waals surface area contributed by atoms with Crippen LogP contribution in [0.1, 0.15) is 85.1 Å². The number of esters is 1. The van der Waals surface area contributed by atoms with Crippen molar-refractivity contribution in [3.8, 4) is 11.5 Å². The average Bonchev–Trinajstić information content (AvgIpc) is 3.35. The first-order chi connectivity index (χ1) is 23.8. The molecular weight excluding hydrogens is 664 g/mol. The Balaban J connectivity index is 1.86. The fraction of sp³-hybridized carbons (Fsp3) is 0.486. The summed E-state index contributed by atoms with van der Waals surface area (Å²) in [6.45, 7) is 12.2. The number of hydrogen-bond acceptors (Lipinski definition) is 13. The maximum Gasteiger partial charge on any atom is 0.312 e. The van der Waals surface area contributed by atoms with Crippen LogP contribution >= 0.6 is 0 Å². The molecule has 276 valence electrons. The largest absolute Gasteiger partial charge is 0.507 e. The zero-order valence-electron chi connectivity index (χ0n) is 30.1. The lowest BCUT2D eigenvalue weighted by atomic mass is 9.78. The number of allylic oxidation sites excluding steroid dienone is 4. The summed E-state index contributed by atoms with van der Waals surface area (Å²) in [6, 6.07) is 0. The Morgan fingerprint density at radius 3 is 2.20 bits per heavy atom. The number of amides is 1. The van der Waals surface area contributed by atoms with E-state index < -0.39 is 111 Å². The van der Waals surface area contributed by atoms with E-state index in [4.69, 9.17) is 24.7 Å². The molecule has 5 bridgehead atoms. The first kappa shape index (κ1) is 39.0. The van der Waals surface area contributed by atoms with Crippen molar-refractivity contribution in [2.75, 3.05) is 7.11 Å². The number of aliphatic hydroxyl groups excluding tert-OH is 2. The van der Waals surface area contributed by atoms with Gasteiger partial charge in [0.05, 0.1) is 41.3 Å². The Labute approximate surface area is 296 Å². The van der Waals surface area contributed by atoms with Crippen molar-refractivity contribution in [1.82, 2.24) is 5.32 Å². The van der Waals surface area contributed by atoms with E-state index >= 15 is 0 Å². The minimum absolute atomic E-state index is 0.0295. The molecule has 14 heteroatoms. The highest BCUT2D eigenvalue weighted by atomic mass is 16.7. The zero-order valence-corrected chi connectivity index (χ0v) is 30.1. The summed E-state index contributed by atoms with van der Waals surface area (Å²) in [5.74, 6) is -9.62. The average molecular weight is 711 g/mol. The molecule has 9 atom stereocenters. The van der Waals surface area contributed by atoms with Crippen molar-refractivity contribution >= 4 is 29.2 Å². The third-order valence-corrected chi connectivity index (χ3v) is 9.99. The highest BCUT2D eigenvalue weighted by Gasteiger charge is 2.52. The van der Waals surface area contributed by atoms with E-state index in [0.717, 1.165) is 6.26 Å². The quantitative estimate of drug-likeness (QED) is 0.279. The SMILES string of the molecule is CO[C@H]1/C=C/O[C@@]2(C)Oc3c(C)c(O)c4c(c3C2=O)C(=O)C(N)=C(NC(=O)/C(C)=C\C=C\[C@H](C)[C@H](O)[C@@H](C)[C@H](O)[C@@H](C)[C@H](OC(C)=O)[C@@H]1C)C4=O. The van der Waals surface area contributed by atoms with E-state index in [1.54, 1.807) is 33.8 Å². The number of phenols is 1. The number of nitrogens with one attached hydrogen (secondary N) is 1. The minimum atomic E-state index is -2.08. The maximum atomic E-state index is 13.9. The molecule has 1 amide bonds. The Morgan fingerprint density at radius 2 is 1.59 bits per heavy atom. The van der Waals surface area contributed by atoms with Gasteiger partial charge in [-0.3, -0.25) is 24.0 Å². The van der Waals surface area contributed by atoms with E-state index in [0.29, 0.717) is 0 Å². The molecular formula is C37H46N2O12. The summed E-state index contributed by atoms with van der Waals surface area (Å²) in [7, 11) is 1.41. The van der Waals surface area contributed by atoms with Crippen molar-refractivity contribution in [2.24, 2.45) is 29.4 Å². The number of ether oxygens (including phenoxy) is 4. The van der Waals surface area contributed by atoms with Crippen LogP contribution in [0.5, 0.6) is 11.5 Å². The minimum Gasteiger partial charge on any atom is -0.507 e. The summed E-state index contributed by atoms with van der Waals surface area (Å²) in [4.78, 5) is 66.8. The molecule has 0 fully saturated rings. The Hall–Kier alpha value is -4.79. The van der Waals surface area contributed by atoms with Crippen LogP contribution in [-0.2, 0) is 23.8 Å². The second kappa shape index (κ2) is 14.8. The summed E-state index contributed by atoms with van der Waals surface area (Å²) in [6.07, 6.45) is 3.25. The van der Waals surface area contributed by atoms with Gasteiger partial charge in [0.25, 0.3) is 11.7 Å². The van der Waals surface area contributed by atoms with Gasteiger partial charge in [0.15, 0.2) is 0 Å². The Kier molecular flexibility index (Phi) is 11.3. The topological polar surface area (TPSA) is 221 Å². The van der Waals surface area contributed by atoms with Gasteiger partial charge in [0.2, 0.25) is 11.6 Å². The lowest BCUT2D eigenvalue weighted by Gasteiger charge is -2.38. The van der Waals surface area contributed by atoms with Gasteiger partial charge in [-0.25, -0.2) is 0 Å². The predicted octanol–water partition coefficient (Wildman–Crippen LogP) is 2.92. The van der Waals surface area contributed by atoms with Crippen LogP contribution in [0.25, 0.3) is 0 Å². The highest BCUT2D eigenvalue weighted by Crippen LogP contribution is 2.48. The van der Waals surface area contributed by atoms with Crippen LogP contribution in [-0.4, -0.2) is 81.9 Å². The molecule has 14 nitrogen and oxygen atoms in total. The summed E-state index contributed by atoms with van der Waals surface area (Å²) < 4.78 is 23.1. The number of fused-ring (bicyclic) bond motifs is 14. The number of nitrogens with two attached hydrogens (primary N) is 1. The summed E-state index contributed by atoms with van der Waals surface area (Å²) in [5.41, 5.74) is 3.62. The molecule has 0 saturated carbocycles. The van der Waals surface area contributed by atoms with E-state index in [2.05, 4.69) is 5.32 Å². The number of aliphatic hydroxyl groups is 2. The molecule has 1 aromatic carbocycles. The van der Waals surface area contributed by atoms with Crippen molar-refractivity contribution in [3.63, 3.8) is 0 Å². The van der Waals surface area contributed by atoms with E-state index in [9.17, 15) is 39.3 Å². The number of phenolic OH excluding ortho intramolecular Hbond substituents is 1. The van der Waals surface area contributed by atoms with E-state index in [-0.39, 0.29) is 22.4 Å². The van der Waals surface area contributed by atoms with Gasteiger partial charge >= 0.3 is 11.8 Å². The van der Waals surface area contributed by atoms with Crippen LogP contribution in [0.4, 0.5) is 0 Å². The van der Waals surface area contributed by atoms with Gasteiger partial charge in [-0.1, -0.05) is 45.9 Å². The molecule has 6 N–H and O–H groups in total. The number of rotatable bonds is 2. The standard InChI is InChI=1S/C37H46N2O12/c1-15-11-10-12-16(2)36(47)39-27-26(38)31(44)23-24(32(27)45)30(43)20(6)34-25(23)35(46)37(8,51-34)49-14-13-22(48-9)17(3)33(50-21(7)40)19(5)29(42)18(4)28(15)41/h10-15,17-19,22,28-29,33,41-43H,38H2,1-9H3,(H,39,47)/b11-10+,14-13+,16-12-/t15-,17+,18+,19+,22-,28-,29-,33+,37-/m0/s1. The second-order valence-corrected chi connectivity index (χ2v) is 13.6. The molecule has 0 radical (unpaired) electrons. The molecule has 0 aromatic heterocycles. The number of methoxy groups -OCH3 is 1. The number of ketones is 3. The van der Waals surface area contributed by atoms with Crippen LogP contribution < -0.4 is 15.8 Å². The number of carbonyl (C=O) groups is 5. The Bertz CT molecular complexity index is 1770. The smallest absolute Gasteiger partial charge is 0.312 e. The monoisotopic (exact) mass is 710 g/mol. The number of hydrogen-bond donors (Lipinski definition) is 5. The first-order valence-corrected chi connectivity index (χ1v) is 16.6. The molecule has 4 aliphatic rings. The lowest BCUT2D eigenvalue weighted by Crippen LogP contribution is -2.46. The number of aromatic hydroxyl groups is 1. The van der Waals surface area contributed by atoms with Crippen LogP contribution in [0.2, 0.25) is 0 Å². The molecule has 5 rings (SSSR count). The van der Waals surface area contributed by atoms with Crippen LogP contribution in [0.3, 0.4) is 0 Å². The lowest BCUT2D eigenvalue weighted by molar-refractivity contribution is -0.160. The molecule has 1 aliphatic carbocycles. The number of Topliss-reactive ketones (excluding diaryl/α,β-unsaturated/α-hetero) is 3. The predicted molar refractivity (Wildman–Crippen MR) is 182 cm³/mol. The molecule has 3 heterocycles. The van der Waals surface area contributed by atoms with Gasteiger partial charge in [-0.2, -0.15) is 0 Å². The molecule has 0 unspecified atom stereocenters. The van der Waals surface area contributed by atoms with E-state index in [1.807, 2.05) is 0 Å². The third kappa shape index (κ3) is 7.08. The van der Waals surface area contributed by atoms with E-state index in [1.165, 1.54) is 53.0 Å². The summed E-state index contributed by atoms with van der Waals surface area (Å²) in [5, 5.41) is 36.1. The fourth-order valence-corrected chi connectivity index (χ4v) is 6.72. The molecule has 1 aromatic rings. The maximum absolute atomic E-state index is 13.9. The Morgan fingerprint density at radius 1 is 0.941 bits per heavy atom. The fourth-order valence-electron chi connectivity index (χ4n) is 6.72. The second-order valence-electron chi connectivity index (χ2n) is 13.6. The number of carbonyl (C=O) groups excluding carboxylic acids is 5. The highest BCUT2D eigenvalue weighted by molar-refractivity contribution is 6.32. The molecule has 0 saturated heterocycles. The van der Waals surface area contributed by atoms with Gasteiger partial charge in [0.1, 0.15) is 29.0 Å². The molecule has 3 aliphatic heterocycles. The van der Waals surface area contributed by atoms with Gasteiger partial charge in [-0.05, 0) is 19.9 Å². The summed E-state index contributed by atoms with van der Waals surface area (Å²) >= 11 is 0. The zero-order chi connectivity index (χ0) is 38.3. The number of benzene rings is 1. The van der Waals surface area contributed by atoms with Gasteiger partial charge in [0, 0.05) is 55.8 Å². The van der Waals surface area contributed by atoms with Crippen molar-refractivity contribution in [2.45, 2.75) is 85.6 Å². The first-order valence-electron chi connectivity index (χ1n) is 16.6. The molecule has 51 heavy (non-hydrogen) atoms.